The van der Waals surface area contributed by atoms with E-state index in [1.807, 2.05) is 12.3 Å². The molecule has 1 aromatic carbocycles. The van der Waals surface area contributed by atoms with Gasteiger partial charge in [-0.1, -0.05) is 36.4 Å². The highest BCUT2D eigenvalue weighted by Gasteiger charge is 2.45. The van der Waals surface area contributed by atoms with Crippen LogP contribution in [-0.4, -0.2) is 47.0 Å². The third-order valence-electron chi connectivity index (χ3n) is 7.04. The van der Waals surface area contributed by atoms with Crippen LogP contribution < -0.4 is 0 Å². The van der Waals surface area contributed by atoms with Crippen LogP contribution in [0.5, 0.6) is 0 Å². The second-order valence-electron chi connectivity index (χ2n) is 9.07. The molecular formula is C24H31N3. The SMILES string of the molecule is c1ccc([C@@H]2CN(C3CC3)CC3(CCN(Cc4ccccn4)CC3)C2)cc1. The molecule has 3 heterocycles. The number of nitrogens with zero attached hydrogens (tertiary/aromatic N) is 3. The van der Waals surface area contributed by atoms with Crippen molar-refractivity contribution in [3.8, 4) is 0 Å². The Balaban J connectivity index is 1.28. The zero-order chi connectivity index (χ0) is 18.1. The molecule has 1 atom stereocenters. The van der Waals surface area contributed by atoms with Gasteiger partial charge in [0, 0.05) is 31.9 Å². The maximum atomic E-state index is 4.52. The number of pyridine rings is 1. The lowest BCUT2D eigenvalue weighted by atomic mass is 9.68. The first kappa shape index (κ1) is 17.4. The summed E-state index contributed by atoms with van der Waals surface area (Å²) in [5, 5.41) is 0. The van der Waals surface area contributed by atoms with Crippen molar-refractivity contribution in [2.45, 2.75) is 50.6 Å². The third-order valence-corrected chi connectivity index (χ3v) is 7.04. The Bertz CT molecular complexity index is 733. The van der Waals surface area contributed by atoms with Crippen LogP contribution in [-0.2, 0) is 6.54 Å². The average molecular weight is 362 g/mol. The molecule has 2 aliphatic heterocycles. The molecule has 1 aromatic heterocycles. The number of likely N-dealkylation sites (tertiary alicyclic amines) is 2. The number of benzene rings is 1. The van der Waals surface area contributed by atoms with E-state index in [-0.39, 0.29) is 0 Å². The van der Waals surface area contributed by atoms with Crippen LogP contribution >= 0.6 is 0 Å². The molecule has 0 N–H and O–H groups in total. The zero-order valence-corrected chi connectivity index (χ0v) is 16.3. The Morgan fingerprint density at radius 1 is 0.963 bits per heavy atom. The van der Waals surface area contributed by atoms with Crippen molar-refractivity contribution in [1.82, 2.24) is 14.8 Å². The van der Waals surface area contributed by atoms with Gasteiger partial charge in [-0.2, -0.15) is 0 Å². The summed E-state index contributed by atoms with van der Waals surface area (Å²) in [4.78, 5) is 9.98. The van der Waals surface area contributed by atoms with Crippen molar-refractivity contribution < 1.29 is 0 Å². The summed E-state index contributed by atoms with van der Waals surface area (Å²) < 4.78 is 0. The van der Waals surface area contributed by atoms with Crippen LogP contribution in [0.15, 0.2) is 54.7 Å². The minimum absolute atomic E-state index is 0.516. The van der Waals surface area contributed by atoms with Crippen LogP contribution in [0.2, 0.25) is 0 Å². The van der Waals surface area contributed by atoms with E-state index in [9.17, 15) is 0 Å². The van der Waals surface area contributed by atoms with Crippen LogP contribution in [0.25, 0.3) is 0 Å². The molecular weight excluding hydrogens is 330 g/mol. The molecule has 0 radical (unpaired) electrons. The molecule has 142 valence electrons. The quantitative estimate of drug-likeness (QED) is 0.809. The Morgan fingerprint density at radius 2 is 1.74 bits per heavy atom. The largest absolute Gasteiger partial charge is 0.299 e. The van der Waals surface area contributed by atoms with Gasteiger partial charge in [0.15, 0.2) is 0 Å². The van der Waals surface area contributed by atoms with E-state index in [0.717, 1.165) is 12.6 Å². The van der Waals surface area contributed by atoms with Gasteiger partial charge in [-0.3, -0.25) is 14.8 Å². The molecule has 1 spiro atoms. The average Bonchev–Trinajstić information content (AvgIpc) is 3.57. The predicted molar refractivity (Wildman–Crippen MR) is 110 cm³/mol. The van der Waals surface area contributed by atoms with Gasteiger partial charge >= 0.3 is 0 Å². The minimum Gasteiger partial charge on any atom is -0.299 e. The third kappa shape index (κ3) is 3.95. The number of hydrogen-bond donors (Lipinski definition) is 0. The minimum atomic E-state index is 0.516. The highest BCUT2D eigenvalue weighted by atomic mass is 15.2. The summed E-state index contributed by atoms with van der Waals surface area (Å²) in [5.41, 5.74) is 3.28. The number of aromatic nitrogens is 1. The molecule has 0 amide bonds. The second-order valence-corrected chi connectivity index (χ2v) is 9.07. The van der Waals surface area contributed by atoms with Gasteiger partial charge in [-0.25, -0.2) is 0 Å². The van der Waals surface area contributed by atoms with Crippen LogP contribution in [0.3, 0.4) is 0 Å². The number of hydrogen-bond acceptors (Lipinski definition) is 3. The van der Waals surface area contributed by atoms with Gasteiger partial charge in [0.1, 0.15) is 0 Å². The van der Waals surface area contributed by atoms with Gasteiger partial charge in [-0.05, 0) is 74.2 Å². The maximum absolute atomic E-state index is 4.52. The summed E-state index contributed by atoms with van der Waals surface area (Å²) in [6.07, 6.45) is 8.81. The number of rotatable bonds is 4. The normalized spacial score (nSPS) is 26.3. The Hall–Kier alpha value is -1.71. The van der Waals surface area contributed by atoms with E-state index in [4.69, 9.17) is 0 Å². The zero-order valence-electron chi connectivity index (χ0n) is 16.3. The second kappa shape index (κ2) is 7.37. The molecule has 27 heavy (non-hydrogen) atoms. The lowest BCUT2D eigenvalue weighted by Crippen LogP contribution is -2.52. The van der Waals surface area contributed by atoms with Crippen molar-refractivity contribution in [1.29, 1.82) is 0 Å². The van der Waals surface area contributed by atoms with E-state index in [1.165, 1.54) is 64.0 Å². The summed E-state index contributed by atoms with van der Waals surface area (Å²) in [6, 6.07) is 18.4. The summed E-state index contributed by atoms with van der Waals surface area (Å²) in [6.45, 7) is 6.05. The topological polar surface area (TPSA) is 19.4 Å². The fourth-order valence-corrected chi connectivity index (χ4v) is 5.37. The lowest BCUT2D eigenvalue weighted by Gasteiger charge is -2.50. The molecule has 3 fully saturated rings. The standard InChI is InChI=1S/C24H31N3/c1-2-6-20(7-3-1)21-16-24(19-27(17-21)23-9-10-23)11-14-26(15-12-24)18-22-8-4-5-13-25-22/h1-8,13,21,23H,9-12,14-19H2/t21-/m0/s1. The molecule has 3 heteroatoms. The van der Waals surface area contributed by atoms with E-state index in [0.29, 0.717) is 11.3 Å². The van der Waals surface area contributed by atoms with Crippen molar-refractivity contribution in [2.75, 3.05) is 26.2 Å². The first-order chi connectivity index (χ1) is 13.3. The first-order valence-corrected chi connectivity index (χ1v) is 10.7. The van der Waals surface area contributed by atoms with E-state index < -0.39 is 0 Å². The Morgan fingerprint density at radius 3 is 2.44 bits per heavy atom. The molecule has 3 nitrogen and oxygen atoms in total. The fraction of sp³-hybridized carbons (Fsp3) is 0.542. The van der Waals surface area contributed by atoms with Gasteiger partial charge < -0.3 is 0 Å². The summed E-state index contributed by atoms with van der Waals surface area (Å²) in [7, 11) is 0. The van der Waals surface area contributed by atoms with E-state index >= 15 is 0 Å². The van der Waals surface area contributed by atoms with Crippen LogP contribution in [0.1, 0.15) is 49.3 Å². The molecule has 0 unspecified atom stereocenters. The molecule has 2 saturated heterocycles. The smallest absolute Gasteiger partial charge is 0.0543 e. The van der Waals surface area contributed by atoms with Gasteiger partial charge in [0.25, 0.3) is 0 Å². The number of piperidine rings is 2. The highest BCUT2D eigenvalue weighted by Crippen LogP contribution is 2.47. The van der Waals surface area contributed by atoms with E-state index in [1.54, 1.807) is 5.56 Å². The molecule has 1 saturated carbocycles. The molecule has 0 bridgehead atoms. The molecule has 1 aliphatic carbocycles. The first-order valence-electron chi connectivity index (χ1n) is 10.7. The molecule has 2 aromatic rings. The van der Waals surface area contributed by atoms with Crippen molar-refractivity contribution in [3.63, 3.8) is 0 Å². The Kier molecular flexibility index (Phi) is 4.75. The predicted octanol–water partition coefficient (Wildman–Crippen LogP) is 4.32. The van der Waals surface area contributed by atoms with Gasteiger partial charge in [0.05, 0.1) is 5.69 Å². The summed E-state index contributed by atoms with van der Waals surface area (Å²) >= 11 is 0. The highest BCUT2D eigenvalue weighted by molar-refractivity contribution is 5.22. The summed E-state index contributed by atoms with van der Waals surface area (Å²) in [5.74, 6) is 0.711. The molecule has 5 rings (SSSR count). The van der Waals surface area contributed by atoms with Gasteiger partial charge in [0.2, 0.25) is 0 Å². The molecule has 3 aliphatic rings. The maximum Gasteiger partial charge on any atom is 0.0543 e. The van der Waals surface area contributed by atoms with Crippen LogP contribution in [0, 0.1) is 5.41 Å². The van der Waals surface area contributed by atoms with Gasteiger partial charge in [-0.15, -0.1) is 0 Å². The Labute approximate surface area is 163 Å². The van der Waals surface area contributed by atoms with Crippen molar-refractivity contribution in [2.24, 2.45) is 5.41 Å². The van der Waals surface area contributed by atoms with Crippen LogP contribution in [0.4, 0.5) is 0 Å². The monoisotopic (exact) mass is 361 g/mol. The van der Waals surface area contributed by atoms with Crippen molar-refractivity contribution >= 4 is 0 Å². The lowest BCUT2D eigenvalue weighted by molar-refractivity contribution is 0.00803. The fourth-order valence-electron chi connectivity index (χ4n) is 5.37. The van der Waals surface area contributed by atoms with E-state index in [2.05, 4.69) is 57.2 Å². The van der Waals surface area contributed by atoms with Crippen molar-refractivity contribution in [3.05, 3.63) is 66.0 Å².